The van der Waals surface area contributed by atoms with Crippen LogP contribution in [0.15, 0.2) is 35.2 Å². The van der Waals surface area contributed by atoms with Crippen LogP contribution in [0.2, 0.25) is 0 Å². The van der Waals surface area contributed by atoms with E-state index in [9.17, 15) is 5.11 Å². The number of nitrogens with zero attached hydrogens (tertiary/aromatic N) is 3. The van der Waals surface area contributed by atoms with Crippen molar-refractivity contribution in [1.82, 2.24) is 14.8 Å². The van der Waals surface area contributed by atoms with Crippen molar-refractivity contribution in [3.63, 3.8) is 0 Å². The summed E-state index contributed by atoms with van der Waals surface area (Å²) in [7, 11) is 0. The van der Waals surface area contributed by atoms with Gasteiger partial charge in [0.15, 0.2) is 0 Å². The van der Waals surface area contributed by atoms with Crippen molar-refractivity contribution in [3.8, 4) is 0 Å². The fraction of sp³-hybridized carbons (Fsp3) is 0.273. The second kappa shape index (κ2) is 4.76. The van der Waals surface area contributed by atoms with Gasteiger partial charge >= 0.3 is 0 Å². The number of rotatable bonds is 3. The van der Waals surface area contributed by atoms with Crippen molar-refractivity contribution >= 4 is 15.9 Å². The van der Waals surface area contributed by atoms with E-state index in [4.69, 9.17) is 0 Å². The van der Waals surface area contributed by atoms with E-state index in [0.717, 1.165) is 16.6 Å². The SMILES string of the molecule is CCn1cc(C(O)c2ccc(Br)cn2)cn1. The fourth-order valence-electron chi connectivity index (χ4n) is 1.41. The van der Waals surface area contributed by atoms with Crippen LogP contribution in [0.4, 0.5) is 0 Å². The van der Waals surface area contributed by atoms with Crippen molar-refractivity contribution in [2.45, 2.75) is 19.6 Å². The Morgan fingerprint density at radius 1 is 1.44 bits per heavy atom. The minimum absolute atomic E-state index is 0.624. The molecule has 2 aromatic rings. The van der Waals surface area contributed by atoms with Gasteiger partial charge in [-0.15, -0.1) is 0 Å². The van der Waals surface area contributed by atoms with E-state index in [1.165, 1.54) is 0 Å². The maximum Gasteiger partial charge on any atom is 0.124 e. The Morgan fingerprint density at radius 2 is 2.25 bits per heavy atom. The third-order valence-corrected chi connectivity index (χ3v) is 2.79. The number of hydrogen-bond acceptors (Lipinski definition) is 3. The Balaban J connectivity index is 2.24. The maximum atomic E-state index is 10.1. The van der Waals surface area contributed by atoms with Gasteiger partial charge in [-0.25, -0.2) is 0 Å². The largest absolute Gasteiger partial charge is 0.382 e. The number of aliphatic hydroxyl groups is 1. The standard InChI is InChI=1S/C11H12BrN3O/c1-2-15-7-8(5-14-15)11(16)10-4-3-9(12)6-13-10/h3-7,11,16H,2H2,1H3. The molecule has 0 aliphatic heterocycles. The third kappa shape index (κ3) is 2.31. The summed E-state index contributed by atoms with van der Waals surface area (Å²) in [5.41, 5.74) is 1.38. The summed E-state index contributed by atoms with van der Waals surface area (Å²) in [6.07, 6.45) is 4.45. The summed E-state index contributed by atoms with van der Waals surface area (Å²) in [5, 5.41) is 14.2. The average molecular weight is 282 g/mol. The minimum atomic E-state index is -0.714. The van der Waals surface area contributed by atoms with Gasteiger partial charge < -0.3 is 5.11 Å². The highest BCUT2D eigenvalue weighted by molar-refractivity contribution is 9.10. The fourth-order valence-corrected chi connectivity index (χ4v) is 1.65. The van der Waals surface area contributed by atoms with E-state index >= 15 is 0 Å². The summed E-state index contributed by atoms with van der Waals surface area (Å²) < 4.78 is 2.67. The molecule has 0 aliphatic rings. The van der Waals surface area contributed by atoms with Crippen LogP contribution in [0, 0.1) is 0 Å². The molecule has 0 saturated heterocycles. The Bertz CT molecular complexity index is 466. The zero-order chi connectivity index (χ0) is 11.5. The Labute approximate surface area is 102 Å². The number of pyridine rings is 1. The molecule has 2 aromatic heterocycles. The van der Waals surface area contributed by atoms with Crippen molar-refractivity contribution in [3.05, 3.63) is 46.5 Å². The molecule has 0 radical (unpaired) electrons. The smallest absolute Gasteiger partial charge is 0.124 e. The lowest BCUT2D eigenvalue weighted by molar-refractivity contribution is 0.215. The molecule has 2 rings (SSSR count). The van der Waals surface area contributed by atoms with Crippen molar-refractivity contribution < 1.29 is 5.11 Å². The van der Waals surface area contributed by atoms with Crippen molar-refractivity contribution in [2.24, 2.45) is 0 Å². The molecular formula is C11H12BrN3O. The number of hydrogen-bond donors (Lipinski definition) is 1. The topological polar surface area (TPSA) is 50.9 Å². The summed E-state index contributed by atoms with van der Waals surface area (Å²) in [4.78, 5) is 4.16. The van der Waals surface area contributed by atoms with Crippen LogP contribution in [0.1, 0.15) is 24.3 Å². The van der Waals surface area contributed by atoms with Gasteiger partial charge in [0.1, 0.15) is 6.10 Å². The second-order valence-electron chi connectivity index (χ2n) is 3.43. The van der Waals surface area contributed by atoms with Gasteiger partial charge in [-0.05, 0) is 35.0 Å². The molecule has 0 aromatic carbocycles. The van der Waals surface area contributed by atoms with Gasteiger partial charge in [0.05, 0.1) is 11.9 Å². The minimum Gasteiger partial charge on any atom is -0.382 e. The zero-order valence-corrected chi connectivity index (χ0v) is 10.4. The quantitative estimate of drug-likeness (QED) is 0.938. The molecule has 0 spiro atoms. The van der Waals surface area contributed by atoms with E-state index in [1.807, 2.05) is 19.2 Å². The van der Waals surface area contributed by atoms with Gasteiger partial charge in [0.25, 0.3) is 0 Å². The van der Waals surface area contributed by atoms with Gasteiger partial charge in [0, 0.05) is 29.0 Å². The van der Waals surface area contributed by atoms with Crippen LogP contribution in [0.5, 0.6) is 0 Å². The molecule has 1 N–H and O–H groups in total. The average Bonchev–Trinajstić information content (AvgIpc) is 2.77. The third-order valence-electron chi connectivity index (χ3n) is 2.32. The molecule has 0 saturated carbocycles. The summed E-state index contributed by atoms with van der Waals surface area (Å²) >= 11 is 3.31. The van der Waals surface area contributed by atoms with Crippen LogP contribution in [0.25, 0.3) is 0 Å². The molecular weight excluding hydrogens is 270 g/mol. The van der Waals surface area contributed by atoms with Crippen LogP contribution in [0.3, 0.4) is 0 Å². The number of halogens is 1. The predicted octanol–water partition coefficient (Wildman–Crippen LogP) is 2.14. The Morgan fingerprint density at radius 3 is 2.81 bits per heavy atom. The molecule has 0 amide bonds. The lowest BCUT2D eigenvalue weighted by atomic mass is 10.1. The van der Waals surface area contributed by atoms with E-state index in [0.29, 0.717) is 5.69 Å². The summed E-state index contributed by atoms with van der Waals surface area (Å²) in [5.74, 6) is 0. The highest BCUT2D eigenvalue weighted by atomic mass is 79.9. The number of aromatic nitrogens is 3. The molecule has 0 aliphatic carbocycles. The van der Waals surface area contributed by atoms with Gasteiger partial charge in [-0.1, -0.05) is 0 Å². The van der Waals surface area contributed by atoms with Crippen molar-refractivity contribution in [2.75, 3.05) is 0 Å². The van der Waals surface area contributed by atoms with Gasteiger partial charge in [0.2, 0.25) is 0 Å². The van der Waals surface area contributed by atoms with E-state index in [1.54, 1.807) is 23.1 Å². The predicted molar refractivity (Wildman–Crippen MR) is 63.9 cm³/mol. The van der Waals surface area contributed by atoms with E-state index in [2.05, 4.69) is 26.0 Å². The first-order valence-electron chi connectivity index (χ1n) is 5.02. The van der Waals surface area contributed by atoms with Crippen LogP contribution in [-0.4, -0.2) is 19.9 Å². The number of aliphatic hydroxyl groups excluding tert-OH is 1. The summed E-state index contributed by atoms with van der Waals surface area (Å²) in [6.45, 7) is 2.79. The monoisotopic (exact) mass is 281 g/mol. The Kier molecular flexibility index (Phi) is 3.36. The molecule has 16 heavy (non-hydrogen) atoms. The molecule has 5 heteroatoms. The number of aryl methyl sites for hydroxylation is 1. The maximum absolute atomic E-state index is 10.1. The highest BCUT2D eigenvalue weighted by Gasteiger charge is 2.13. The molecule has 0 bridgehead atoms. The zero-order valence-electron chi connectivity index (χ0n) is 8.84. The lowest BCUT2D eigenvalue weighted by Crippen LogP contribution is -2.01. The molecule has 2 heterocycles. The normalized spacial score (nSPS) is 12.7. The van der Waals surface area contributed by atoms with Crippen LogP contribution < -0.4 is 0 Å². The summed E-state index contributed by atoms with van der Waals surface area (Å²) in [6, 6.07) is 3.65. The molecule has 4 nitrogen and oxygen atoms in total. The second-order valence-corrected chi connectivity index (χ2v) is 4.35. The van der Waals surface area contributed by atoms with E-state index < -0.39 is 6.10 Å². The van der Waals surface area contributed by atoms with Crippen molar-refractivity contribution in [1.29, 1.82) is 0 Å². The highest BCUT2D eigenvalue weighted by Crippen LogP contribution is 2.20. The van der Waals surface area contributed by atoms with Crippen LogP contribution in [-0.2, 0) is 6.54 Å². The molecule has 1 unspecified atom stereocenters. The lowest BCUT2D eigenvalue weighted by Gasteiger charge is -2.07. The first kappa shape index (κ1) is 11.3. The first-order chi connectivity index (χ1) is 7.70. The van der Waals surface area contributed by atoms with Crippen LogP contribution >= 0.6 is 15.9 Å². The van der Waals surface area contributed by atoms with E-state index in [-0.39, 0.29) is 0 Å². The molecule has 0 fully saturated rings. The Hall–Kier alpha value is -1.20. The molecule has 1 atom stereocenters. The first-order valence-corrected chi connectivity index (χ1v) is 5.82. The van der Waals surface area contributed by atoms with Gasteiger partial charge in [-0.3, -0.25) is 9.67 Å². The molecule has 84 valence electrons. The van der Waals surface area contributed by atoms with Gasteiger partial charge in [-0.2, -0.15) is 5.10 Å².